The molecular weight excluding hydrogens is 338 g/mol. The second-order valence-electron chi connectivity index (χ2n) is 6.35. The first-order valence-corrected chi connectivity index (χ1v) is 10.5. The molecule has 0 aliphatic heterocycles. The van der Waals surface area contributed by atoms with Crippen molar-refractivity contribution < 1.29 is 26.8 Å². The zero-order valence-electron chi connectivity index (χ0n) is 13.9. The predicted molar refractivity (Wildman–Crippen MR) is 91.9 cm³/mol. The SMILES string of the molecule is C[C](C)=[Ti+2]([C]1=CC=CC1)[CH]1c2ccccc2-c2ccccc21.[F-].[F-]. The van der Waals surface area contributed by atoms with Gasteiger partial charge in [-0.2, -0.15) is 0 Å². The fraction of sp³-hybridized carbons (Fsp3) is 0.190. The largest absolute Gasteiger partial charge is 1.00 e. The second kappa shape index (κ2) is 7.50. The van der Waals surface area contributed by atoms with E-state index in [1.54, 1.807) is 18.8 Å². The van der Waals surface area contributed by atoms with Gasteiger partial charge in [-0.1, -0.05) is 0 Å². The van der Waals surface area contributed by atoms with E-state index in [1.807, 2.05) is 0 Å². The molecular formula is C21H20F2Ti. The van der Waals surface area contributed by atoms with Gasteiger partial charge in [-0.05, 0) is 0 Å². The number of halogens is 2. The third-order valence-electron chi connectivity index (χ3n) is 4.78. The number of hydrogen-bond acceptors (Lipinski definition) is 0. The molecule has 4 rings (SSSR count). The molecule has 0 aromatic heterocycles. The van der Waals surface area contributed by atoms with Gasteiger partial charge in [0.05, 0.1) is 0 Å². The van der Waals surface area contributed by atoms with Crippen LogP contribution in [-0.4, -0.2) is 3.81 Å². The average molecular weight is 358 g/mol. The maximum atomic E-state index is 2.39. The first-order chi connectivity index (χ1) is 10.8. The van der Waals surface area contributed by atoms with Crippen molar-refractivity contribution in [1.29, 1.82) is 0 Å². The van der Waals surface area contributed by atoms with Gasteiger partial charge in [0, 0.05) is 0 Å². The summed E-state index contributed by atoms with van der Waals surface area (Å²) in [5.74, 6) is 0. The molecule has 0 fully saturated rings. The van der Waals surface area contributed by atoms with Gasteiger partial charge in [-0.3, -0.25) is 0 Å². The smallest absolute Gasteiger partial charge is 1.00 e. The summed E-state index contributed by atoms with van der Waals surface area (Å²) in [6.07, 6.45) is 8.13. The van der Waals surface area contributed by atoms with Crippen LogP contribution in [0.2, 0.25) is 0 Å². The molecule has 2 aromatic rings. The van der Waals surface area contributed by atoms with Crippen molar-refractivity contribution in [2.45, 2.75) is 24.5 Å². The van der Waals surface area contributed by atoms with Gasteiger partial charge < -0.3 is 9.41 Å². The summed E-state index contributed by atoms with van der Waals surface area (Å²) in [4.78, 5) is 0. The number of rotatable bonds is 2. The molecule has 0 saturated heterocycles. The molecule has 3 heteroatoms. The first-order valence-electron chi connectivity index (χ1n) is 7.99. The third-order valence-corrected chi connectivity index (χ3v) is 9.99. The molecule has 0 saturated carbocycles. The van der Waals surface area contributed by atoms with Gasteiger partial charge in [0.2, 0.25) is 0 Å². The summed E-state index contributed by atoms with van der Waals surface area (Å²) in [5.41, 5.74) is 6.04. The molecule has 0 bridgehead atoms. The van der Waals surface area contributed by atoms with Crippen molar-refractivity contribution >= 4 is 3.81 Å². The number of fused-ring (bicyclic) bond motifs is 3. The molecule has 0 nitrogen and oxygen atoms in total. The number of allylic oxidation sites excluding steroid dienone is 4. The quantitative estimate of drug-likeness (QED) is 0.632. The van der Waals surface area contributed by atoms with Crippen molar-refractivity contribution in [2.24, 2.45) is 0 Å². The van der Waals surface area contributed by atoms with Crippen molar-refractivity contribution in [3.63, 3.8) is 0 Å². The number of hydrogen-bond donors (Lipinski definition) is 0. The van der Waals surface area contributed by atoms with Crippen molar-refractivity contribution in [1.82, 2.24) is 0 Å². The monoisotopic (exact) mass is 358 g/mol. The molecule has 0 spiro atoms. The van der Waals surface area contributed by atoms with E-state index in [9.17, 15) is 0 Å². The van der Waals surface area contributed by atoms with Gasteiger partial charge in [-0.15, -0.1) is 0 Å². The van der Waals surface area contributed by atoms with E-state index >= 15 is 0 Å². The Balaban J connectivity index is 0.00000104. The van der Waals surface area contributed by atoms with Crippen LogP contribution in [-0.2, 0) is 17.4 Å². The van der Waals surface area contributed by atoms with Crippen LogP contribution in [0.25, 0.3) is 11.1 Å². The Bertz CT molecular complexity index is 797. The zero-order valence-corrected chi connectivity index (χ0v) is 15.5. The number of benzene rings is 2. The van der Waals surface area contributed by atoms with Crippen molar-refractivity contribution in [3.05, 3.63) is 81.8 Å². The van der Waals surface area contributed by atoms with E-state index in [-0.39, 0.29) is 9.41 Å². The minimum absolute atomic E-state index is 0. The van der Waals surface area contributed by atoms with Crippen molar-refractivity contribution in [2.75, 3.05) is 0 Å². The van der Waals surface area contributed by atoms with Crippen molar-refractivity contribution in [3.8, 4) is 11.1 Å². The molecule has 2 aliphatic rings. The molecule has 24 heavy (non-hydrogen) atoms. The predicted octanol–water partition coefficient (Wildman–Crippen LogP) is -0.561. The van der Waals surface area contributed by atoms with Gasteiger partial charge in [0.15, 0.2) is 0 Å². The molecule has 0 unspecified atom stereocenters. The van der Waals surface area contributed by atoms with E-state index in [0.29, 0.717) is 4.22 Å². The van der Waals surface area contributed by atoms with Crippen LogP contribution in [0.15, 0.2) is 70.6 Å². The maximum Gasteiger partial charge on any atom is -1.00 e. The maximum absolute atomic E-state index is 2.39. The summed E-state index contributed by atoms with van der Waals surface area (Å²) < 4.78 is 4.02. The topological polar surface area (TPSA) is 0 Å². The molecule has 122 valence electrons. The molecule has 2 aromatic carbocycles. The molecule has 2 aliphatic carbocycles. The third kappa shape index (κ3) is 2.89. The molecule has 0 amide bonds. The van der Waals surface area contributed by atoms with Crippen LogP contribution in [0.5, 0.6) is 0 Å². The fourth-order valence-corrected chi connectivity index (χ4v) is 9.11. The van der Waals surface area contributed by atoms with Crippen LogP contribution >= 0.6 is 0 Å². The van der Waals surface area contributed by atoms with Crippen LogP contribution < -0.4 is 9.41 Å². The van der Waals surface area contributed by atoms with E-state index in [4.69, 9.17) is 0 Å². The van der Waals surface area contributed by atoms with E-state index in [2.05, 4.69) is 80.6 Å². The van der Waals surface area contributed by atoms with E-state index in [0.717, 1.165) is 0 Å². The fourth-order valence-electron chi connectivity index (χ4n) is 3.91. The Morgan fingerprint density at radius 2 is 1.42 bits per heavy atom. The van der Waals surface area contributed by atoms with Crippen LogP contribution in [0, 0.1) is 0 Å². The minimum Gasteiger partial charge on any atom is -1.00 e. The molecule has 0 N–H and O–H groups in total. The van der Waals surface area contributed by atoms with Gasteiger partial charge in [0.25, 0.3) is 0 Å². The summed E-state index contributed by atoms with van der Waals surface area (Å²) in [7, 11) is 0. The Labute approximate surface area is 148 Å². The molecule has 0 radical (unpaired) electrons. The normalized spacial score (nSPS) is 13.8. The zero-order chi connectivity index (χ0) is 15.1. The summed E-state index contributed by atoms with van der Waals surface area (Å²) >= 11 is -1.50. The summed E-state index contributed by atoms with van der Waals surface area (Å²) in [6, 6.07) is 18.1. The van der Waals surface area contributed by atoms with Gasteiger partial charge in [0.1, 0.15) is 0 Å². The Morgan fingerprint density at radius 1 is 0.875 bits per heavy atom. The summed E-state index contributed by atoms with van der Waals surface area (Å²) in [6.45, 7) is 4.72. The first kappa shape index (κ1) is 18.7. The van der Waals surface area contributed by atoms with Crippen LogP contribution in [0.4, 0.5) is 0 Å². The Kier molecular flexibility index (Phi) is 5.85. The summed E-state index contributed by atoms with van der Waals surface area (Å²) in [5, 5.41) is 0. The van der Waals surface area contributed by atoms with Gasteiger partial charge >= 0.3 is 139 Å². The standard InChI is InChI=1S/C13H9.C5H5.C3H6.2FH.Ti/c1-3-7-12-10(5-1)9-11-6-2-4-8-13(11)12;1-2-4-5-3-1;1-3-2;;;/h1-9H;1-3H,4H2;1-2H3;2*1H;/q;;;;;+2/p-2. The van der Waals surface area contributed by atoms with E-state index in [1.165, 1.54) is 17.5 Å². The van der Waals surface area contributed by atoms with E-state index < -0.39 is 17.4 Å². The molecule has 0 atom stereocenters. The minimum atomic E-state index is -1.50. The second-order valence-corrected chi connectivity index (χ2v) is 11.1. The van der Waals surface area contributed by atoms with Crippen LogP contribution in [0.3, 0.4) is 0 Å². The Morgan fingerprint density at radius 3 is 1.88 bits per heavy atom. The molecule has 0 heterocycles. The average Bonchev–Trinajstić information content (AvgIpc) is 3.16. The van der Waals surface area contributed by atoms with Crippen LogP contribution in [0.1, 0.15) is 35.6 Å². The van der Waals surface area contributed by atoms with Gasteiger partial charge in [-0.25, -0.2) is 0 Å². The Hall–Kier alpha value is -1.64.